The maximum Gasteiger partial charge on any atom is 0.236 e. The van der Waals surface area contributed by atoms with Gasteiger partial charge in [-0.15, -0.1) is 0 Å². The van der Waals surface area contributed by atoms with E-state index in [2.05, 4.69) is 27.8 Å². The highest BCUT2D eigenvalue weighted by Crippen LogP contribution is 2.10. The molecule has 0 atom stereocenters. The molecule has 0 radical (unpaired) electrons. The fraction of sp³-hybridized carbons (Fsp3) is 0.0625. The molecule has 18 heavy (non-hydrogen) atoms. The van der Waals surface area contributed by atoms with Gasteiger partial charge in [0, 0.05) is 15.6 Å². The molecule has 0 heterocycles. The summed E-state index contributed by atoms with van der Waals surface area (Å²) in [6.07, 6.45) is 0. The fourth-order valence-corrected chi connectivity index (χ4v) is 1.70. The van der Waals surface area contributed by atoms with E-state index in [1.54, 1.807) is 12.1 Å². The third kappa shape index (κ3) is 3.32. The molecule has 0 spiro atoms. The first-order chi connectivity index (χ1) is 8.65. The Balaban J connectivity index is 2.17. The van der Waals surface area contributed by atoms with Crippen LogP contribution < -0.4 is 0 Å². The molecule has 88 valence electrons. The minimum absolute atomic E-state index is 0.164. The number of halogens is 1. The van der Waals surface area contributed by atoms with E-state index in [0.717, 1.165) is 10.0 Å². The summed E-state index contributed by atoms with van der Waals surface area (Å²) in [6, 6.07) is 15.0. The van der Waals surface area contributed by atoms with E-state index in [-0.39, 0.29) is 5.78 Å². The zero-order valence-corrected chi connectivity index (χ0v) is 11.5. The van der Waals surface area contributed by atoms with Gasteiger partial charge in [-0.25, -0.2) is 0 Å². The van der Waals surface area contributed by atoms with Crippen molar-refractivity contribution in [1.29, 1.82) is 0 Å². The van der Waals surface area contributed by atoms with Crippen molar-refractivity contribution in [2.75, 3.05) is 0 Å². The van der Waals surface area contributed by atoms with Crippen LogP contribution in [0.2, 0.25) is 0 Å². The number of Topliss-reactive ketones (excluding diaryl/α,β-unsaturated/α-hetero) is 1. The summed E-state index contributed by atoms with van der Waals surface area (Å²) >= 11 is 3.33. The molecule has 2 aromatic rings. The molecule has 0 aliphatic carbocycles. The van der Waals surface area contributed by atoms with Crippen molar-refractivity contribution in [3.63, 3.8) is 0 Å². The van der Waals surface area contributed by atoms with E-state index in [1.165, 1.54) is 5.56 Å². The van der Waals surface area contributed by atoms with Crippen molar-refractivity contribution >= 4 is 21.7 Å². The number of ketones is 1. The summed E-state index contributed by atoms with van der Waals surface area (Å²) in [5.74, 6) is 5.36. The largest absolute Gasteiger partial charge is 0.279 e. The van der Waals surface area contributed by atoms with Gasteiger partial charge in [0.1, 0.15) is 0 Å². The van der Waals surface area contributed by atoms with Crippen LogP contribution in [-0.2, 0) is 0 Å². The lowest BCUT2D eigenvalue weighted by atomic mass is 10.1. The van der Waals surface area contributed by atoms with Crippen molar-refractivity contribution in [2.24, 2.45) is 0 Å². The Morgan fingerprint density at radius 2 is 1.61 bits per heavy atom. The monoisotopic (exact) mass is 298 g/mol. The summed E-state index contributed by atoms with van der Waals surface area (Å²) in [4.78, 5) is 11.8. The van der Waals surface area contributed by atoms with E-state index >= 15 is 0 Å². The van der Waals surface area contributed by atoms with Gasteiger partial charge in [0.05, 0.1) is 0 Å². The molecule has 0 aliphatic heterocycles. The normalized spacial score (nSPS) is 9.44. The molecule has 0 fully saturated rings. The van der Waals surface area contributed by atoms with Gasteiger partial charge in [-0.2, -0.15) is 0 Å². The van der Waals surface area contributed by atoms with Gasteiger partial charge >= 0.3 is 0 Å². The van der Waals surface area contributed by atoms with Gasteiger partial charge in [0.25, 0.3) is 0 Å². The third-order valence-corrected chi connectivity index (χ3v) is 3.01. The lowest BCUT2D eigenvalue weighted by molar-refractivity contribution is 0.105. The fourth-order valence-electron chi connectivity index (χ4n) is 1.44. The maximum absolute atomic E-state index is 11.8. The molecule has 0 aliphatic rings. The molecular weight excluding hydrogens is 288 g/mol. The van der Waals surface area contributed by atoms with Gasteiger partial charge in [0.15, 0.2) is 0 Å². The topological polar surface area (TPSA) is 17.1 Å². The zero-order chi connectivity index (χ0) is 13.0. The second kappa shape index (κ2) is 5.66. The molecular formula is C16H11BrO. The van der Waals surface area contributed by atoms with Crippen LogP contribution in [-0.4, -0.2) is 5.78 Å². The van der Waals surface area contributed by atoms with Gasteiger partial charge in [-0.3, -0.25) is 4.79 Å². The van der Waals surface area contributed by atoms with Crippen LogP contribution in [0.3, 0.4) is 0 Å². The molecule has 0 aromatic heterocycles. The first-order valence-electron chi connectivity index (χ1n) is 5.54. The standard InChI is InChI=1S/C16H11BrO/c1-12-2-4-13(5-3-12)6-11-16(18)14-7-9-15(17)10-8-14/h2-5,7-10H,1H3. The number of hydrogen-bond donors (Lipinski definition) is 0. The van der Waals surface area contributed by atoms with E-state index in [4.69, 9.17) is 0 Å². The Labute approximate surface area is 115 Å². The Hall–Kier alpha value is -1.85. The van der Waals surface area contributed by atoms with Crippen LogP contribution in [0.15, 0.2) is 53.0 Å². The van der Waals surface area contributed by atoms with Gasteiger partial charge in [0.2, 0.25) is 5.78 Å². The summed E-state index contributed by atoms with van der Waals surface area (Å²) in [5.41, 5.74) is 2.64. The number of hydrogen-bond acceptors (Lipinski definition) is 1. The van der Waals surface area contributed by atoms with Crippen LogP contribution in [0.5, 0.6) is 0 Å². The van der Waals surface area contributed by atoms with Gasteiger partial charge in [-0.05, 0) is 49.2 Å². The lowest BCUT2D eigenvalue weighted by Crippen LogP contribution is -1.94. The predicted octanol–water partition coefficient (Wildman–Crippen LogP) is 3.99. The minimum Gasteiger partial charge on any atom is -0.279 e. The first-order valence-corrected chi connectivity index (χ1v) is 6.33. The number of rotatable bonds is 1. The Morgan fingerprint density at radius 1 is 1.00 bits per heavy atom. The summed E-state index contributed by atoms with van der Waals surface area (Å²) in [6.45, 7) is 2.02. The van der Waals surface area contributed by atoms with E-state index in [0.29, 0.717) is 5.56 Å². The third-order valence-electron chi connectivity index (χ3n) is 2.48. The summed E-state index contributed by atoms with van der Waals surface area (Å²) in [7, 11) is 0. The van der Waals surface area contributed by atoms with E-state index in [1.807, 2.05) is 43.3 Å². The lowest BCUT2D eigenvalue weighted by Gasteiger charge is -1.94. The van der Waals surface area contributed by atoms with Crippen molar-refractivity contribution in [3.8, 4) is 11.8 Å². The Morgan fingerprint density at radius 3 is 2.22 bits per heavy atom. The number of carbonyl (C=O) groups excluding carboxylic acids is 1. The Bertz CT molecular complexity index is 613. The first kappa shape index (κ1) is 12.6. The average Bonchev–Trinajstić information content (AvgIpc) is 2.38. The highest BCUT2D eigenvalue weighted by Gasteiger charge is 2.00. The zero-order valence-electron chi connectivity index (χ0n) is 9.91. The molecule has 0 N–H and O–H groups in total. The van der Waals surface area contributed by atoms with E-state index < -0.39 is 0 Å². The van der Waals surface area contributed by atoms with Crippen LogP contribution in [0.1, 0.15) is 21.5 Å². The number of benzene rings is 2. The number of carbonyl (C=O) groups is 1. The van der Waals surface area contributed by atoms with Crippen LogP contribution in [0.25, 0.3) is 0 Å². The van der Waals surface area contributed by atoms with Crippen LogP contribution in [0, 0.1) is 18.8 Å². The van der Waals surface area contributed by atoms with Crippen molar-refractivity contribution in [3.05, 3.63) is 69.7 Å². The van der Waals surface area contributed by atoms with Gasteiger partial charge in [-0.1, -0.05) is 39.5 Å². The van der Waals surface area contributed by atoms with Crippen molar-refractivity contribution in [2.45, 2.75) is 6.92 Å². The molecule has 0 saturated heterocycles. The van der Waals surface area contributed by atoms with Crippen LogP contribution >= 0.6 is 15.9 Å². The SMILES string of the molecule is Cc1ccc(C#CC(=O)c2ccc(Br)cc2)cc1. The highest BCUT2D eigenvalue weighted by molar-refractivity contribution is 9.10. The molecule has 2 heteroatoms. The highest BCUT2D eigenvalue weighted by atomic mass is 79.9. The van der Waals surface area contributed by atoms with Crippen molar-refractivity contribution in [1.82, 2.24) is 0 Å². The molecule has 0 amide bonds. The quantitative estimate of drug-likeness (QED) is 0.575. The molecule has 1 nitrogen and oxygen atoms in total. The number of aryl methyl sites for hydroxylation is 1. The molecule has 0 saturated carbocycles. The smallest absolute Gasteiger partial charge is 0.236 e. The second-order valence-electron chi connectivity index (χ2n) is 3.95. The minimum atomic E-state index is -0.164. The van der Waals surface area contributed by atoms with Gasteiger partial charge < -0.3 is 0 Å². The van der Waals surface area contributed by atoms with Crippen LogP contribution in [0.4, 0.5) is 0 Å². The maximum atomic E-state index is 11.8. The molecule has 2 aromatic carbocycles. The summed E-state index contributed by atoms with van der Waals surface area (Å²) in [5, 5.41) is 0. The second-order valence-corrected chi connectivity index (χ2v) is 4.87. The Kier molecular flexibility index (Phi) is 3.96. The molecule has 0 bridgehead atoms. The average molecular weight is 299 g/mol. The predicted molar refractivity (Wildman–Crippen MR) is 76.5 cm³/mol. The molecule has 2 rings (SSSR count). The molecule has 0 unspecified atom stereocenters. The van der Waals surface area contributed by atoms with Crippen molar-refractivity contribution < 1.29 is 4.79 Å². The van der Waals surface area contributed by atoms with E-state index in [9.17, 15) is 4.79 Å². The summed E-state index contributed by atoms with van der Waals surface area (Å²) < 4.78 is 0.950.